The first kappa shape index (κ1) is 20.0. The van der Waals surface area contributed by atoms with E-state index in [2.05, 4.69) is 21.9 Å². The van der Waals surface area contributed by atoms with Crippen LogP contribution in [0.2, 0.25) is 0 Å². The van der Waals surface area contributed by atoms with Gasteiger partial charge in [-0.25, -0.2) is 4.79 Å². The predicted octanol–water partition coefficient (Wildman–Crippen LogP) is 3.65. The molecule has 0 aromatic rings. The minimum Gasteiger partial charge on any atom is -0.467 e. The molecule has 1 amide bonds. The van der Waals surface area contributed by atoms with Crippen molar-refractivity contribution < 1.29 is 14.3 Å². The molecule has 1 aliphatic rings. The third-order valence-corrected chi connectivity index (χ3v) is 4.74. The van der Waals surface area contributed by atoms with Gasteiger partial charge in [-0.15, -0.1) is 6.58 Å². The van der Waals surface area contributed by atoms with Gasteiger partial charge in [-0.1, -0.05) is 30.5 Å². The highest BCUT2D eigenvalue weighted by atomic mass is 16.5. The van der Waals surface area contributed by atoms with Gasteiger partial charge in [-0.05, 0) is 44.1 Å². The number of allylic oxidation sites excluding steroid dienone is 1. The Morgan fingerprint density at radius 3 is 2.71 bits per heavy atom. The average Bonchev–Trinajstić information content (AvgIpc) is 3.07. The molecule has 0 heterocycles. The van der Waals surface area contributed by atoms with Gasteiger partial charge in [0.1, 0.15) is 6.04 Å². The summed E-state index contributed by atoms with van der Waals surface area (Å²) in [5.41, 5.74) is 7.92. The van der Waals surface area contributed by atoms with Gasteiger partial charge < -0.3 is 10.1 Å². The van der Waals surface area contributed by atoms with Crippen molar-refractivity contribution in [3.63, 3.8) is 0 Å². The monoisotopic (exact) mass is 336 g/mol. The Hall–Kier alpha value is -2.01. The van der Waals surface area contributed by atoms with Crippen molar-refractivity contribution in [3.8, 4) is 0 Å². The summed E-state index contributed by atoms with van der Waals surface area (Å²) >= 11 is 0. The normalized spacial score (nSPS) is 16.7. The van der Waals surface area contributed by atoms with Crippen molar-refractivity contribution in [2.24, 2.45) is 10.5 Å². The Morgan fingerprint density at radius 2 is 2.12 bits per heavy atom. The van der Waals surface area contributed by atoms with E-state index in [1.807, 2.05) is 6.08 Å². The standard InChI is InChI=1S/C17H28N4O3/c1-3-4-5-6-9-14(15(22)24-2)20-16(23)17(10-7-8-11-17)12-13-19-21-18/h3,14H,1,4-13H2,2H3,(H,20,23)/t14-/m0/s1. The molecule has 0 spiro atoms. The molecule has 1 N–H and O–H groups in total. The number of carbonyl (C=O) groups excluding carboxylic acids is 2. The van der Waals surface area contributed by atoms with Crippen molar-refractivity contribution in [2.45, 2.75) is 63.8 Å². The van der Waals surface area contributed by atoms with Gasteiger partial charge >= 0.3 is 5.97 Å². The van der Waals surface area contributed by atoms with Crippen LogP contribution in [-0.4, -0.2) is 31.6 Å². The highest BCUT2D eigenvalue weighted by Gasteiger charge is 2.41. The predicted molar refractivity (Wildman–Crippen MR) is 92.1 cm³/mol. The highest BCUT2D eigenvalue weighted by Crippen LogP contribution is 2.41. The molecule has 134 valence electrons. The van der Waals surface area contributed by atoms with Crippen LogP contribution in [0.5, 0.6) is 0 Å². The third kappa shape index (κ3) is 5.89. The zero-order valence-corrected chi connectivity index (χ0v) is 14.5. The van der Waals surface area contributed by atoms with Crippen molar-refractivity contribution in [3.05, 3.63) is 23.1 Å². The maximum atomic E-state index is 12.8. The van der Waals surface area contributed by atoms with E-state index in [0.29, 0.717) is 19.4 Å². The second-order valence-electron chi connectivity index (χ2n) is 6.31. The van der Waals surface area contributed by atoms with Gasteiger partial charge in [0, 0.05) is 16.9 Å². The first-order valence-corrected chi connectivity index (χ1v) is 8.60. The van der Waals surface area contributed by atoms with Gasteiger partial charge in [-0.3, -0.25) is 4.79 Å². The van der Waals surface area contributed by atoms with Crippen LogP contribution in [0.3, 0.4) is 0 Å². The summed E-state index contributed by atoms with van der Waals surface area (Å²) in [4.78, 5) is 27.5. The summed E-state index contributed by atoms with van der Waals surface area (Å²) in [6, 6.07) is -0.621. The molecule has 1 fully saturated rings. The summed E-state index contributed by atoms with van der Waals surface area (Å²) in [7, 11) is 1.33. The Kier molecular flexibility index (Phi) is 8.94. The number of ether oxygens (including phenoxy) is 1. The van der Waals surface area contributed by atoms with Crippen LogP contribution in [0.25, 0.3) is 10.4 Å². The number of hydrogen-bond acceptors (Lipinski definition) is 4. The molecule has 1 aliphatic carbocycles. The van der Waals surface area contributed by atoms with Crippen LogP contribution >= 0.6 is 0 Å². The lowest BCUT2D eigenvalue weighted by molar-refractivity contribution is -0.147. The first-order valence-electron chi connectivity index (χ1n) is 8.60. The van der Waals surface area contributed by atoms with Crippen molar-refractivity contribution >= 4 is 11.9 Å². The SMILES string of the molecule is C=CCCCC[C@H](NC(=O)C1(CCN=[N+]=[N-])CCCC1)C(=O)OC. The highest BCUT2D eigenvalue weighted by molar-refractivity contribution is 5.88. The van der Waals surface area contributed by atoms with E-state index in [4.69, 9.17) is 10.3 Å². The van der Waals surface area contributed by atoms with Crippen molar-refractivity contribution in [1.82, 2.24) is 5.32 Å². The number of nitrogens with zero attached hydrogens (tertiary/aromatic N) is 3. The molecule has 7 heteroatoms. The van der Waals surface area contributed by atoms with E-state index in [1.165, 1.54) is 7.11 Å². The molecule has 1 rings (SSSR count). The number of nitrogens with one attached hydrogen (secondary N) is 1. The summed E-state index contributed by atoms with van der Waals surface area (Å²) in [5, 5.41) is 6.44. The maximum Gasteiger partial charge on any atom is 0.328 e. The average molecular weight is 336 g/mol. The lowest BCUT2D eigenvalue weighted by Gasteiger charge is -2.29. The van der Waals surface area contributed by atoms with Crippen LogP contribution in [0.15, 0.2) is 17.8 Å². The maximum absolute atomic E-state index is 12.8. The number of hydrogen-bond donors (Lipinski definition) is 1. The summed E-state index contributed by atoms with van der Waals surface area (Å²) < 4.78 is 4.82. The molecular weight excluding hydrogens is 308 g/mol. The molecule has 1 atom stereocenters. The van der Waals surface area contributed by atoms with Crippen LogP contribution in [-0.2, 0) is 14.3 Å². The lowest BCUT2D eigenvalue weighted by atomic mass is 9.81. The van der Waals surface area contributed by atoms with E-state index in [-0.39, 0.29) is 5.91 Å². The van der Waals surface area contributed by atoms with Gasteiger partial charge in [0.2, 0.25) is 5.91 Å². The van der Waals surface area contributed by atoms with E-state index in [1.54, 1.807) is 0 Å². The van der Waals surface area contributed by atoms with Crippen molar-refractivity contribution in [1.29, 1.82) is 0 Å². The third-order valence-electron chi connectivity index (χ3n) is 4.74. The zero-order valence-electron chi connectivity index (χ0n) is 14.5. The molecule has 7 nitrogen and oxygen atoms in total. The zero-order chi connectivity index (χ0) is 17.8. The Bertz CT molecular complexity index is 480. The fourth-order valence-corrected chi connectivity index (χ4v) is 3.29. The van der Waals surface area contributed by atoms with E-state index >= 15 is 0 Å². The van der Waals surface area contributed by atoms with Gasteiger partial charge in [0.05, 0.1) is 7.11 Å². The number of azide groups is 1. The minimum atomic E-state index is -0.621. The van der Waals surface area contributed by atoms with E-state index < -0.39 is 17.4 Å². The van der Waals surface area contributed by atoms with Crippen molar-refractivity contribution in [2.75, 3.05) is 13.7 Å². The van der Waals surface area contributed by atoms with E-state index in [9.17, 15) is 9.59 Å². The molecule has 0 aliphatic heterocycles. The van der Waals surface area contributed by atoms with Crippen LogP contribution < -0.4 is 5.32 Å². The molecule has 0 aromatic carbocycles. The molecule has 1 saturated carbocycles. The topological polar surface area (TPSA) is 104 Å². The molecule has 0 radical (unpaired) electrons. The lowest BCUT2D eigenvalue weighted by Crippen LogP contribution is -2.48. The van der Waals surface area contributed by atoms with Crippen LogP contribution in [0, 0.1) is 5.41 Å². The fraction of sp³-hybridized carbons (Fsp3) is 0.765. The molecular formula is C17H28N4O3. The van der Waals surface area contributed by atoms with Crippen LogP contribution in [0.1, 0.15) is 57.8 Å². The number of carbonyl (C=O) groups is 2. The van der Waals surface area contributed by atoms with Gasteiger partial charge in [0.15, 0.2) is 0 Å². The second-order valence-corrected chi connectivity index (χ2v) is 6.31. The number of rotatable bonds is 11. The Morgan fingerprint density at radius 1 is 1.42 bits per heavy atom. The van der Waals surface area contributed by atoms with Gasteiger partial charge in [0.25, 0.3) is 0 Å². The first-order chi connectivity index (χ1) is 11.6. The quantitative estimate of drug-likeness (QED) is 0.155. The number of methoxy groups -OCH3 is 1. The number of esters is 1. The molecule has 0 aromatic heterocycles. The summed E-state index contributed by atoms with van der Waals surface area (Å²) in [6.45, 7) is 3.98. The van der Waals surface area contributed by atoms with Gasteiger partial charge in [-0.2, -0.15) is 0 Å². The molecule has 0 unspecified atom stereocenters. The molecule has 0 bridgehead atoms. The Labute approximate surface area is 143 Å². The minimum absolute atomic E-state index is 0.118. The molecule has 0 saturated heterocycles. The number of amides is 1. The Balaban J connectivity index is 2.70. The van der Waals surface area contributed by atoms with Crippen LogP contribution in [0.4, 0.5) is 0 Å². The summed E-state index contributed by atoms with van der Waals surface area (Å²) in [5.74, 6) is -0.530. The van der Waals surface area contributed by atoms with E-state index in [0.717, 1.165) is 44.9 Å². The number of unbranched alkanes of at least 4 members (excludes halogenated alkanes) is 2. The fourth-order valence-electron chi connectivity index (χ4n) is 3.29. The smallest absolute Gasteiger partial charge is 0.328 e. The second kappa shape index (κ2) is 10.7. The molecule has 24 heavy (non-hydrogen) atoms. The largest absolute Gasteiger partial charge is 0.467 e. The summed E-state index contributed by atoms with van der Waals surface area (Å²) in [6.07, 6.45) is 9.04.